The van der Waals surface area contributed by atoms with Crippen LogP contribution < -0.4 is 26.2 Å². The summed E-state index contributed by atoms with van der Waals surface area (Å²) in [6, 6.07) is 143. The summed E-state index contributed by atoms with van der Waals surface area (Å²) in [4.78, 5) is 5.49. The summed E-state index contributed by atoms with van der Waals surface area (Å²) in [5.74, 6) is 0. The third kappa shape index (κ3) is 11.2. The number of para-hydroxylation sites is 6. The molecule has 23 rings (SSSR count). The fourth-order valence-corrected chi connectivity index (χ4v) is 20.3. The Bertz CT molecular complexity index is 7150. The number of hydrogen-bond acceptors (Lipinski definition) is 2. The van der Waals surface area contributed by atoms with Crippen LogP contribution in [-0.4, -0.2) is 25.0 Å². The molecular formula is C114H89BN6. The first-order valence-corrected chi connectivity index (χ1v) is 42.7. The Morgan fingerprint density at radius 1 is 0.198 bits per heavy atom. The van der Waals surface area contributed by atoms with Gasteiger partial charge in [0.15, 0.2) is 0 Å². The molecule has 0 saturated heterocycles. The van der Waals surface area contributed by atoms with Crippen molar-refractivity contribution in [3.63, 3.8) is 0 Å². The summed E-state index contributed by atoms with van der Waals surface area (Å²) in [6.45, 7) is 21.1. The fourth-order valence-electron chi connectivity index (χ4n) is 20.3. The Morgan fingerprint density at radius 2 is 0.430 bits per heavy atom. The third-order valence-electron chi connectivity index (χ3n) is 26.1. The molecule has 0 saturated carbocycles. The average molecular weight is 1550 g/mol. The first kappa shape index (κ1) is 71.9. The molecule has 0 N–H and O–H groups in total. The molecule has 0 atom stereocenters. The number of benzene rings is 17. The molecule has 17 aromatic carbocycles. The summed E-state index contributed by atoms with van der Waals surface area (Å²) in [6.07, 6.45) is 0. The molecule has 578 valence electrons. The van der Waals surface area contributed by atoms with Crippen molar-refractivity contribution >= 4 is 144 Å². The van der Waals surface area contributed by atoms with Gasteiger partial charge in [0.25, 0.3) is 6.71 Å². The van der Waals surface area contributed by atoms with Gasteiger partial charge in [-0.1, -0.05) is 305 Å². The van der Waals surface area contributed by atoms with Crippen LogP contribution in [-0.2, 0) is 16.2 Å². The Morgan fingerprint density at radius 3 is 0.711 bits per heavy atom. The van der Waals surface area contributed by atoms with Crippen molar-refractivity contribution in [2.24, 2.45) is 0 Å². The van der Waals surface area contributed by atoms with E-state index in [0.717, 1.165) is 123 Å². The van der Waals surface area contributed by atoms with Gasteiger partial charge in [-0.05, 0) is 205 Å². The van der Waals surface area contributed by atoms with Crippen LogP contribution in [0.1, 0.15) is 79.0 Å². The zero-order valence-electron chi connectivity index (χ0n) is 69.6. The molecule has 0 radical (unpaired) electrons. The van der Waals surface area contributed by atoms with E-state index in [1.165, 1.54) is 98.2 Å². The maximum Gasteiger partial charge on any atom is 0.252 e. The summed E-state index contributed by atoms with van der Waals surface area (Å²) in [5, 5.41) is 9.74. The minimum Gasteiger partial charge on any atom is -0.310 e. The van der Waals surface area contributed by atoms with Crippen molar-refractivity contribution in [1.82, 2.24) is 18.3 Å². The fraction of sp³-hybridized carbons (Fsp3) is 0.105. The average Bonchev–Trinajstić information content (AvgIpc) is 1.30. The Kier molecular flexibility index (Phi) is 16.1. The normalized spacial score (nSPS) is 13.0. The van der Waals surface area contributed by atoms with Crippen molar-refractivity contribution in [3.8, 4) is 67.3 Å². The molecule has 0 amide bonds. The highest BCUT2D eigenvalue weighted by Crippen LogP contribution is 2.56. The molecule has 0 unspecified atom stereocenters. The zero-order chi connectivity index (χ0) is 81.5. The van der Waals surface area contributed by atoms with E-state index < -0.39 is 0 Å². The topological polar surface area (TPSA) is 26.2 Å². The number of anilines is 6. The Labute approximate surface area is 706 Å². The molecule has 0 bridgehead atoms. The summed E-state index contributed by atoms with van der Waals surface area (Å²) >= 11 is 0. The van der Waals surface area contributed by atoms with Gasteiger partial charge in [-0.2, -0.15) is 0 Å². The summed E-state index contributed by atoms with van der Waals surface area (Å²) in [7, 11) is 0. The second kappa shape index (κ2) is 27.1. The van der Waals surface area contributed by atoms with E-state index >= 15 is 0 Å². The van der Waals surface area contributed by atoms with Crippen LogP contribution in [0, 0.1) is 0 Å². The summed E-state index contributed by atoms with van der Waals surface area (Å²) in [5.41, 5.74) is 36.3. The van der Waals surface area contributed by atoms with Gasteiger partial charge in [-0.3, -0.25) is 0 Å². The van der Waals surface area contributed by atoms with E-state index in [2.05, 4.69) is 466 Å². The van der Waals surface area contributed by atoms with Gasteiger partial charge in [0, 0.05) is 111 Å². The molecule has 0 aliphatic carbocycles. The highest BCUT2D eigenvalue weighted by molar-refractivity contribution is 7.00. The number of hydrogen-bond donors (Lipinski definition) is 0. The minimum absolute atomic E-state index is 0.221. The van der Waals surface area contributed by atoms with Gasteiger partial charge >= 0.3 is 0 Å². The maximum absolute atomic E-state index is 2.75. The third-order valence-corrected chi connectivity index (χ3v) is 26.1. The Hall–Kier alpha value is -14.4. The van der Waals surface area contributed by atoms with Gasteiger partial charge < -0.3 is 28.1 Å². The van der Waals surface area contributed by atoms with Crippen LogP contribution in [0.15, 0.2) is 376 Å². The van der Waals surface area contributed by atoms with Crippen molar-refractivity contribution in [2.75, 3.05) is 9.80 Å². The monoisotopic (exact) mass is 1550 g/mol. The van der Waals surface area contributed by atoms with E-state index in [4.69, 9.17) is 0 Å². The van der Waals surface area contributed by atoms with E-state index in [0.29, 0.717) is 0 Å². The molecule has 0 spiro atoms. The molecule has 2 aliphatic heterocycles. The van der Waals surface area contributed by atoms with Gasteiger partial charge in [-0.25, -0.2) is 0 Å². The highest BCUT2D eigenvalue weighted by Gasteiger charge is 2.47. The molecule has 4 aromatic heterocycles. The van der Waals surface area contributed by atoms with Crippen LogP contribution in [0.4, 0.5) is 34.1 Å². The predicted molar refractivity (Wildman–Crippen MR) is 516 cm³/mol. The molecule has 2 aliphatic rings. The van der Waals surface area contributed by atoms with Crippen LogP contribution >= 0.6 is 0 Å². The van der Waals surface area contributed by atoms with Crippen molar-refractivity contribution < 1.29 is 0 Å². The molecule has 0 fully saturated rings. The largest absolute Gasteiger partial charge is 0.310 e. The molecule has 6 heterocycles. The van der Waals surface area contributed by atoms with Crippen LogP contribution in [0.2, 0.25) is 0 Å². The van der Waals surface area contributed by atoms with Crippen LogP contribution in [0.5, 0.6) is 0 Å². The SMILES string of the molecule is CC(C)(C)c1cc(-c2ccccc2)c(N2c3cc(-n4c5ccccc5c5cc(-n6c7ccccc7c7ccccc76)ccc54)ccc3B3c4ccc(-n5c6ccccc6c6cc(-n7c8ccccc8c8ccccc87)ccc65)cc4N(c4c(-c5ccccc5)cc(C(C)(C)C)cc4-c4ccccc4)c4cc(C(C)(C)C)cc2c43)c(-c2ccccc2)c1. The molecule has 7 heteroatoms. The van der Waals surface area contributed by atoms with Crippen molar-refractivity contribution in [1.29, 1.82) is 0 Å². The minimum atomic E-state index is -0.369. The highest BCUT2D eigenvalue weighted by atomic mass is 15.2. The number of fused-ring (bicyclic) bond motifs is 16. The first-order valence-electron chi connectivity index (χ1n) is 42.7. The van der Waals surface area contributed by atoms with E-state index in [-0.39, 0.29) is 23.0 Å². The molecule has 6 nitrogen and oxygen atoms in total. The zero-order valence-corrected chi connectivity index (χ0v) is 69.6. The number of nitrogens with zero attached hydrogens (tertiary/aromatic N) is 6. The maximum atomic E-state index is 2.75. The van der Waals surface area contributed by atoms with Crippen molar-refractivity contribution in [2.45, 2.75) is 78.6 Å². The molecule has 21 aromatic rings. The van der Waals surface area contributed by atoms with E-state index in [1.807, 2.05) is 0 Å². The van der Waals surface area contributed by atoms with Gasteiger partial charge in [-0.15, -0.1) is 0 Å². The lowest BCUT2D eigenvalue weighted by atomic mass is 9.33. The second-order valence-corrected chi connectivity index (χ2v) is 36.4. The van der Waals surface area contributed by atoms with Gasteiger partial charge in [0.05, 0.1) is 55.5 Å². The van der Waals surface area contributed by atoms with E-state index in [9.17, 15) is 0 Å². The standard InChI is InChI=1S/C114H89BN6/c1-112(2,3)76-62-89(72-34-14-10-15-35-72)110(90(63-76)73-36-16-11-17-37-73)120-105-70-81(118-101-52-32-26-46-87(101)93-68-79(56-60-103(93)118)116-97-48-28-22-42-83(97)84-43-23-29-49-98(84)116)54-58-95(105)115-96-59-55-82(119-102-53-33-27-47-88(102)94-69-80(57-61-104(94)119)117-99-50-30-24-44-85(99)86-45-25-31-51-100(86)117)71-106(96)121(108-67-78(114(7,8)9)66-107(120)109(108)115)111-91(74-38-18-12-19-39-74)64-77(113(4,5)6)65-92(111)75-40-20-13-21-41-75/h10-71H,1-9H3. The molecule has 121 heavy (non-hydrogen) atoms. The summed E-state index contributed by atoms with van der Waals surface area (Å²) < 4.78 is 9.99. The predicted octanol–water partition coefficient (Wildman–Crippen LogP) is 28.7. The lowest BCUT2D eigenvalue weighted by Crippen LogP contribution is -2.61. The smallest absolute Gasteiger partial charge is 0.252 e. The first-order chi connectivity index (χ1) is 59.0. The van der Waals surface area contributed by atoms with Crippen LogP contribution in [0.3, 0.4) is 0 Å². The van der Waals surface area contributed by atoms with Gasteiger partial charge in [0.2, 0.25) is 0 Å². The van der Waals surface area contributed by atoms with Gasteiger partial charge in [0.1, 0.15) is 0 Å². The lowest BCUT2D eigenvalue weighted by molar-refractivity contribution is 0.590. The quantitative estimate of drug-likeness (QED) is 0.128. The number of aromatic nitrogens is 4. The van der Waals surface area contributed by atoms with E-state index in [1.54, 1.807) is 0 Å². The number of rotatable bonds is 10. The second-order valence-electron chi connectivity index (χ2n) is 36.4. The van der Waals surface area contributed by atoms with Crippen molar-refractivity contribution in [3.05, 3.63) is 393 Å². The molecular weight excluding hydrogens is 1460 g/mol. The Balaban J connectivity index is 0.851. The van der Waals surface area contributed by atoms with Crippen LogP contribution in [0.25, 0.3) is 154 Å². The lowest BCUT2D eigenvalue weighted by Gasteiger charge is -2.47.